The highest BCUT2D eigenvalue weighted by atomic mass is 32.2. The number of aromatic nitrogens is 2. The lowest BCUT2D eigenvalue weighted by molar-refractivity contribution is -0.113. The first-order chi connectivity index (χ1) is 12.6. The van der Waals surface area contributed by atoms with Crippen LogP contribution in [0.4, 0.5) is 10.8 Å². The number of carbonyl (C=O) groups is 1. The monoisotopic (exact) mass is 396 g/mol. The number of amides is 1. The lowest BCUT2D eigenvalue weighted by atomic mass is 10.2. The molecular weight excluding hydrogens is 376 g/mol. The first-order valence-corrected chi connectivity index (χ1v) is 9.32. The SMILES string of the molecule is C=CCNc1nnc(SCC(=O)Nc2cc(OC)c(OC)c(OC)c2)s1. The van der Waals surface area contributed by atoms with Crippen LogP contribution in [0, 0.1) is 0 Å². The van der Waals surface area contributed by atoms with Crippen molar-refractivity contribution in [2.24, 2.45) is 0 Å². The summed E-state index contributed by atoms with van der Waals surface area (Å²) in [6, 6.07) is 3.35. The summed E-state index contributed by atoms with van der Waals surface area (Å²) in [5, 5.41) is 14.6. The van der Waals surface area contributed by atoms with Gasteiger partial charge in [0, 0.05) is 24.4 Å². The van der Waals surface area contributed by atoms with Crippen molar-refractivity contribution in [3.05, 3.63) is 24.8 Å². The lowest BCUT2D eigenvalue weighted by Crippen LogP contribution is -2.14. The minimum Gasteiger partial charge on any atom is -0.493 e. The molecule has 1 heterocycles. The minimum absolute atomic E-state index is 0.180. The van der Waals surface area contributed by atoms with Gasteiger partial charge in [-0.3, -0.25) is 4.79 Å². The highest BCUT2D eigenvalue weighted by Crippen LogP contribution is 2.40. The van der Waals surface area contributed by atoms with Crippen LogP contribution in [0.2, 0.25) is 0 Å². The molecule has 2 rings (SSSR count). The fourth-order valence-corrected chi connectivity index (χ4v) is 3.54. The molecule has 1 aromatic carbocycles. The molecule has 0 atom stereocenters. The Morgan fingerprint density at radius 2 is 1.92 bits per heavy atom. The Morgan fingerprint density at radius 1 is 1.23 bits per heavy atom. The average Bonchev–Trinajstić information content (AvgIpc) is 3.11. The third-order valence-corrected chi connectivity index (χ3v) is 5.09. The summed E-state index contributed by atoms with van der Waals surface area (Å²) < 4.78 is 16.5. The van der Waals surface area contributed by atoms with E-state index in [2.05, 4.69) is 27.4 Å². The number of hydrogen-bond donors (Lipinski definition) is 2. The van der Waals surface area contributed by atoms with Gasteiger partial charge in [0.15, 0.2) is 15.8 Å². The fourth-order valence-electron chi connectivity index (χ4n) is 1.98. The smallest absolute Gasteiger partial charge is 0.234 e. The number of ether oxygens (including phenoxy) is 3. The molecule has 0 unspecified atom stereocenters. The molecule has 0 aliphatic heterocycles. The Hall–Kier alpha value is -2.46. The molecule has 0 aliphatic carbocycles. The molecule has 0 saturated heterocycles. The number of nitrogens with zero attached hydrogens (tertiary/aromatic N) is 2. The van der Waals surface area contributed by atoms with Crippen LogP contribution in [0.25, 0.3) is 0 Å². The van der Waals surface area contributed by atoms with E-state index in [4.69, 9.17) is 14.2 Å². The summed E-state index contributed by atoms with van der Waals surface area (Å²) in [5.74, 6) is 1.43. The van der Waals surface area contributed by atoms with Gasteiger partial charge in [-0.1, -0.05) is 29.2 Å². The maximum absolute atomic E-state index is 12.2. The summed E-state index contributed by atoms with van der Waals surface area (Å²) in [6.45, 7) is 4.24. The molecular formula is C16H20N4O4S2. The Bertz CT molecular complexity index is 741. The van der Waals surface area contributed by atoms with Crippen LogP contribution in [0.5, 0.6) is 17.2 Å². The maximum atomic E-state index is 12.2. The number of methoxy groups -OCH3 is 3. The second kappa shape index (κ2) is 9.88. The van der Waals surface area contributed by atoms with Gasteiger partial charge in [0.2, 0.25) is 16.8 Å². The quantitative estimate of drug-likeness (QED) is 0.468. The number of hydrogen-bond acceptors (Lipinski definition) is 9. The van der Waals surface area contributed by atoms with Gasteiger partial charge in [-0.25, -0.2) is 0 Å². The number of rotatable bonds is 10. The Morgan fingerprint density at radius 3 is 2.50 bits per heavy atom. The van der Waals surface area contributed by atoms with Crippen LogP contribution >= 0.6 is 23.1 Å². The third-order valence-electron chi connectivity index (χ3n) is 3.08. The molecule has 0 radical (unpaired) electrons. The van der Waals surface area contributed by atoms with Gasteiger partial charge in [-0.15, -0.1) is 16.8 Å². The van der Waals surface area contributed by atoms with Crippen LogP contribution in [-0.4, -0.2) is 49.7 Å². The third kappa shape index (κ3) is 5.27. The van der Waals surface area contributed by atoms with Crippen molar-refractivity contribution in [1.29, 1.82) is 0 Å². The predicted octanol–water partition coefficient (Wildman–Crippen LogP) is 2.89. The predicted molar refractivity (Wildman–Crippen MR) is 104 cm³/mol. The van der Waals surface area contributed by atoms with Crippen LogP contribution in [0.1, 0.15) is 0 Å². The Labute approximate surface area is 159 Å². The van der Waals surface area contributed by atoms with E-state index in [0.717, 1.165) is 0 Å². The molecule has 26 heavy (non-hydrogen) atoms. The van der Waals surface area contributed by atoms with E-state index in [-0.39, 0.29) is 11.7 Å². The van der Waals surface area contributed by atoms with Gasteiger partial charge in [0.05, 0.1) is 27.1 Å². The van der Waals surface area contributed by atoms with Crippen molar-refractivity contribution >= 4 is 39.8 Å². The van der Waals surface area contributed by atoms with Crippen molar-refractivity contribution in [1.82, 2.24) is 10.2 Å². The maximum Gasteiger partial charge on any atom is 0.234 e. The van der Waals surface area contributed by atoms with Crippen molar-refractivity contribution in [2.75, 3.05) is 44.3 Å². The van der Waals surface area contributed by atoms with Crippen LogP contribution < -0.4 is 24.8 Å². The van der Waals surface area contributed by atoms with E-state index in [1.165, 1.54) is 44.4 Å². The molecule has 0 spiro atoms. The van der Waals surface area contributed by atoms with E-state index in [9.17, 15) is 4.79 Å². The topological polar surface area (TPSA) is 94.6 Å². The van der Waals surface area contributed by atoms with Crippen molar-refractivity contribution in [3.63, 3.8) is 0 Å². The number of benzene rings is 1. The second-order valence-electron chi connectivity index (χ2n) is 4.79. The van der Waals surface area contributed by atoms with Crippen molar-refractivity contribution in [3.8, 4) is 17.2 Å². The molecule has 0 fully saturated rings. The van der Waals surface area contributed by atoms with E-state index < -0.39 is 0 Å². The molecule has 140 valence electrons. The summed E-state index contributed by atoms with van der Waals surface area (Å²) in [7, 11) is 4.56. The number of carbonyl (C=O) groups excluding carboxylic acids is 1. The zero-order valence-corrected chi connectivity index (χ0v) is 16.3. The lowest BCUT2D eigenvalue weighted by Gasteiger charge is -2.14. The summed E-state index contributed by atoms with van der Waals surface area (Å²) in [5.41, 5.74) is 0.552. The van der Waals surface area contributed by atoms with Crippen molar-refractivity contribution < 1.29 is 19.0 Å². The molecule has 10 heteroatoms. The molecule has 2 N–H and O–H groups in total. The van der Waals surface area contributed by atoms with E-state index in [1.54, 1.807) is 18.2 Å². The molecule has 1 amide bonds. The molecule has 0 bridgehead atoms. The molecule has 0 saturated carbocycles. The number of nitrogens with one attached hydrogen (secondary N) is 2. The van der Waals surface area contributed by atoms with Gasteiger partial charge in [0.1, 0.15) is 0 Å². The highest BCUT2D eigenvalue weighted by molar-refractivity contribution is 8.01. The van der Waals surface area contributed by atoms with Crippen molar-refractivity contribution in [2.45, 2.75) is 4.34 Å². The molecule has 0 aliphatic rings. The largest absolute Gasteiger partial charge is 0.493 e. The molecule has 8 nitrogen and oxygen atoms in total. The second-order valence-corrected chi connectivity index (χ2v) is 6.99. The summed E-state index contributed by atoms with van der Waals surface area (Å²) in [6.07, 6.45) is 1.74. The number of anilines is 2. The molecule has 2 aromatic rings. The van der Waals surface area contributed by atoms with Gasteiger partial charge in [-0.2, -0.15) is 0 Å². The van der Waals surface area contributed by atoms with E-state index >= 15 is 0 Å². The van der Waals surface area contributed by atoms with Gasteiger partial charge in [-0.05, 0) is 0 Å². The Balaban J connectivity index is 1.97. The average molecular weight is 396 g/mol. The highest BCUT2D eigenvalue weighted by Gasteiger charge is 2.15. The first-order valence-electron chi connectivity index (χ1n) is 7.52. The van der Waals surface area contributed by atoms with Crippen LogP contribution in [0.15, 0.2) is 29.1 Å². The zero-order chi connectivity index (χ0) is 18.9. The molecule has 1 aromatic heterocycles. The van der Waals surface area contributed by atoms with E-state index in [1.807, 2.05) is 0 Å². The first kappa shape index (κ1) is 19.9. The van der Waals surface area contributed by atoms with Gasteiger partial charge < -0.3 is 24.8 Å². The van der Waals surface area contributed by atoms with E-state index in [0.29, 0.717) is 39.0 Å². The Kier molecular flexibility index (Phi) is 7.54. The van der Waals surface area contributed by atoms with Crippen LogP contribution in [-0.2, 0) is 4.79 Å². The summed E-state index contributed by atoms with van der Waals surface area (Å²) in [4.78, 5) is 12.2. The fraction of sp³-hybridized carbons (Fsp3) is 0.312. The van der Waals surface area contributed by atoms with Gasteiger partial charge >= 0.3 is 0 Å². The van der Waals surface area contributed by atoms with Crippen LogP contribution in [0.3, 0.4) is 0 Å². The summed E-state index contributed by atoms with van der Waals surface area (Å²) >= 11 is 2.69. The normalized spacial score (nSPS) is 10.1. The van der Waals surface area contributed by atoms with Gasteiger partial charge in [0.25, 0.3) is 0 Å². The number of thioether (sulfide) groups is 1. The standard InChI is InChI=1S/C16H20N4O4S2/c1-5-6-17-15-19-20-16(26-15)25-9-13(21)18-10-7-11(22-2)14(24-4)12(8-10)23-3/h5,7-8H,1,6,9H2,2-4H3,(H,17,19)(H,18,21). The zero-order valence-electron chi connectivity index (χ0n) is 14.7. The minimum atomic E-state index is -0.180.